The van der Waals surface area contributed by atoms with Gasteiger partial charge in [0, 0.05) is 5.02 Å². The van der Waals surface area contributed by atoms with Gasteiger partial charge in [-0.15, -0.1) is 0 Å². The molecule has 0 unspecified atom stereocenters. The number of hydrogen-bond donors (Lipinski definition) is 2. The average Bonchev–Trinajstić information content (AvgIpc) is 2.72. The number of benzene rings is 3. The van der Waals surface area contributed by atoms with Crippen molar-refractivity contribution < 1.29 is 23.1 Å². The number of anilines is 2. The Morgan fingerprint density at radius 1 is 1.00 bits per heavy atom. The number of carbonyl (C=O) groups is 2. The van der Waals surface area contributed by atoms with Crippen LogP contribution in [-0.4, -0.2) is 31.9 Å². The molecule has 0 aliphatic heterocycles. The quantitative estimate of drug-likeness (QED) is 0.552. The molecule has 31 heavy (non-hydrogen) atoms. The Hall–Kier alpha value is -3.36. The van der Waals surface area contributed by atoms with E-state index in [9.17, 15) is 23.1 Å². The first kappa shape index (κ1) is 22.3. The minimum Gasteiger partial charge on any atom is -0.478 e. The summed E-state index contributed by atoms with van der Waals surface area (Å²) in [4.78, 5) is 24.1. The van der Waals surface area contributed by atoms with Gasteiger partial charge in [-0.3, -0.25) is 9.10 Å². The summed E-state index contributed by atoms with van der Waals surface area (Å²) in [5, 5.41) is 12.1. The molecular formula is C22H19ClN2O5S. The molecule has 2 N–H and O–H groups in total. The van der Waals surface area contributed by atoms with Crippen molar-refractivity contribution in [3.05, 3.63) is 88.9 Å². The van der Waals surface area contributed by atoms with Crippen LogP contribution in [0.3, 0.4) is 0 Å². The highest BCUT2D eigenvalue weighted by atomic mass is 35.5. The smallest absolute Gasteiger partial charge is 0.337 e. The Morgan fingerprint density at radius 3 is 2.32 bits per heavy atom. The zero-order chi connectivity index (χ0) is 22.6. The molecule has 0 aliphatic rings. The van der Waals surface area contributed by atoms with E-state index in [0.717, 1.165) is 9.87 Å². The number of sulfonamides is 1. The summed E-state index contributed by atoms with van der Waals surface area (Å²) in [5.41, 5.74) is 1.05. The first-order valence-electron chi connectivity index (χ1n) is 9.15. The normalized spacial score (nSPS) is 11.0. The molecule has 9 heteroatoms. The molecule has 3 aromatic carbocycles. The summed E-state index contributed by atoms with van der Waals surface area (Å²) in [5.74, 6) is -1.92. The summed E-state index contributed by atoms with van der Waals surface area (Å²) < 4.78 is 27.6. The van der Waals surface area contributed by atoms with Gasteiger partial charge in [0.1, 0.15) is 6.54 Å². The lowest BCUT2D eigenvalue weighted by Crippen LogP contribution is -2.38. The molecule has 3 aromatic rings. The van der Waals surface area contributed by atoms with Crippen LogP contribution in [0.5, 0.6) is 0 Å². The highest BCUT2D eigenvalue weighted by Crippen LogP contribution is 2.26. The Balaban J connectivity index is 1.97. The van der Waals surface area contributed by atoms with Crippen LogP contribution in [0.15, 0.2) is 77.7 Å². The van der Waals surface area contributed by atoms with Gasteiger partial charge in [0.15, 0.2) is 0 Å². The van der Waals surface area contributed by atoms with Crippen molar-refractivity contribution in [2.24, 2.45) is 0 Å². The second-order valence-corrected chi connectivity index (χ2v) is 9.00. The number of rotatable bonds is 7. The van der Waals surface area contributed by atoms with Crippen LogP contribution in [0.2, 0.25) is 5.02 Å². The highest BCUT2D eigenvalue weighted by molar-refractivity contribution is 7.92. The number of aromatic carboxylic acids is 1. The van der Waals surface area contributed by atoms with Crippen molar-refractivity contribution in [1.29, 1.82) is 0 Å². The zero-order valence-corrected chi connectivity index (χ0v) is 18.0. The molecule has 1 amide bonds. The van der Waals surface area contributed by atoms with Crippen LogP contribution in [0.25, 0.3) is 0 Å². The molecule has 0 saturated heterocycles. The van der Waals surface area contributed by atoms with Crippen molar-refractivity contribution >= 4 is 44.9 Å². The van der Waals surface area contributed by atoms with Crippen LogP contribution >= 0.6 is 11.6 Å². The lowest BCUT2D eigenvalue weighted by Gasteiger charge is -2.24. The van der Waals surface area contributed by atoms with Crippen molar-refractivity contribution in [2.45, 2.75) is 11.8 Å². The number of nitrogens with one attached hydrogen (secondary N) is 1. The SMILES string of the molecule is Cc1ccc(S(=O)(=O)N(CC(=O)Nc2ccccc2C(=O)O)c2cccc(Cl)c2)cc1. The lowest BCUT2D eigenvalue weighted by atomic mass is 10.2. The summed E-state index contributed by atoms with van der Waals surface area (Å²) >= 11 is 6.04. The fourth-order valence-electron chi connectivity index (χ4n) is 2.88. The van der Waals surface area contributed by atoms with E-state index in [1.807, 2.05) is 6.92 Å². The number of carboxylic acids is 1. The third kappa shape index (κ3) is 5.22. The van der Waals surface area contributed by atoms with Crippen molar-refractivity contribution in [2.75, 3.05) is 16.2 Å². The minimum absolute atomic E-state index is 0.0109. The summed E-state index contributed by atoms with van der Waals surface area (Å²) in [6.07, 6.45) is 0. The van der Waals surface area contributed by atoms with E-state index < -0.39 is 28.4 Å². The molecule has 0 spiro atoms. The molecule has 0 aromatic heterocycles. The number of halogens is 1. The predicted molar refractivity (Wildman–Crippen MR) is 119 cm³/mol. The molecule has 0 bridgehead atoms. The number of aryl methyl sites for hydroxylation is 1. The van der Waals surface area contributed by atoms with Gasteiger partial charge in [-0.1, -0.05) is 47.5 Å². The second kappa shape index (κ2) is 9.20. The van der Waals surface area contributed by atoms with Crippen LogP contribution in [-0.2, 0) is 14.8 Å². The number of hydrogen-bond acceptors (Lipinski definition) is 4. The first-order valence-corrected chi connectivity index (χ1v) is 11.0. The fourth-order valence-corrected chi connectivity index (χ4v) is 4.48. The molecular weight excluding hydrogens is 440 g/mol. The van der Waals surface area contributed by atoms with Crippen LogP contribution < -0.4 is 9.62 Å². The summed E-state index contributed by atoms with van der Waals surface area (Å²) in [6.45, 7) is 1.25. The van der Waals surface area contributed by atoms with Gasteiger partial charge >= 0.3 is 5.97 Å². The lowest BCUT2D eigenvalue weighted by molar-refractivity contribution is -0.114. The largest absolute Gasteiger partial charge is 0.478 e. The number of carboxylic acid groups (broad SMARTS) is 1. The minimum atomic E-state index is -4.10. The van der Waals surface area contributed by atoms with E-state index in [1.165, 1.54) is 42.5 Å². The van der Waals surface area contributed by atoms with E-state index in [4.69, 9.17) is 11.6 Å². The van der Waals surface area contributed by atoms with E-state index in [2.05, 4.69) is 5.32 Å². The third-order valence-corrected chi connectivity index (χ3v) is 6.45. The average molecular weight is 459 g/mol. The Kier molecular flexibility index (Phi) is 6.62. The van der Waals surface area contributed by atoms with Crippen molar-refractivity contribution in [3.63, 3.8) is 0 Å². The summed E-state index contributed by atoms with van der Waals surface area (Å²) in [7, 11) is -4.10. The maximum Gasteiger partial charge on any atom is 0.337 e. The van der Waals surface area contributed by atoms with Gasteiger partial charge in [-0.2, -0.15) is 0 Å². The first-order chi connectivity index (χ1) is 14.7. The maximum absolute atomic E-state index is 13.3. The predicted octanol–water partition coefficient (Wildman–Crippen LogP) is 4.18. The van der Waals surface area contributed by atoms with Crippen LogP contribution in [0.4, 0.5) is 11.4 Å². The van der Waals surface area contributed by atoms with Gasteiger partial charge in [0.2, 0.25) is 5.91 Å². The van der Waals surface area contributed by atoms with Gasteiger partial charge in [-0.05, 0) is 49.4 Å². The number of nitrogens with zero attached hydrogens (tertiary/aromatic N) is 1. The highest BCUT2D eigenvalue weighted by Gasteiger charge is 2.27. The van der Waals surface area contributed by atoms with Gasteiger partial charge in [-0.25, -0.2) is 13.2 Å². The Labute approximate surface area is 184 Å². The second-order valence-electron chi connectivity index (χ2n) is 6.70. The van der Waals surface area contributed by atoms with E-state index in [0.29, 0.717) is 5.02 Å². The molecule has 3 rings (SSSR count). The Morgan fingerprint density at radius 2 is 1.68 bits per heavy atom. The molecule has 0 heterocycles. The fraction of sp³-hybridized carbons (Fsp3) is 0.0909. The Bertz CT molecular complexity index is 1230. The van der Waals surface area contributed by atoms with Crippen molar-refractivity contribution in [3.8, 4) is 0 Å². The topological polar surface area (TPSA) is 104 Å². The number of amides is 1. The molecule has 0 atom stereocenters. The maximum atomic E-state index is 13.3. The monoisotopic (exact) mass is 458 g/mol. The molecule has 160 valence electrons. The standard InChI is InChI=1S/C22H19ClN2O5S/c1-15-9-11-18(12-10-15)31(29,30)25(17-6-4-5-16(23)13-17)14-21(26)24-20-8-3-2-7-19(20)22(27)28/h2-13H,14H2,1H3,(H,24,26)(H,27,28). The van der Waals surface area contributed by atoms with E-state index in [1.54, 1.807) is 30.3 Å². The molecule has 0 radical (unpaired) electrons. The third-order valence-electron chi connectivity index (χ3n) is 4.42. The zero-order valence-electron chi connectivity index (χ0n) is 16.4. The number of para-hydroxylation sites is 1. The number of carbonyl (C=O) groups excluding carboxylic acids is 1. The van der Waals surface area contributed by atoms with Crippen LogP contribution in [0, 0.1) is 6.92 Å². The molecule has 0 fully saturated rings. The van der Waals surface area contributed by atoms with Gasteiger partial charge < -0.3 is 10.4 Å². The molecule has 0 saturated carbocycles. The van der Waals surface area contributed by atoms with Crippen molar-refractivity contribution in [1.82, 2.24) is 0 Å². The molecule has 7 nitrogen and oxygen atoms in total. The van der Waals surface area contributed by atoms with Gasteiger partial charge in [0.05, 0.1) is 21.8 Å². The molecule has 0 aliphatic carbocycles. The van der Waals surface area contributed by atoms with E-state index in [-0.39, 0.29) is 21.8 Å². The van der Waals surface area contributed by atoms with E-state index >= 15 is 0 Å². The summed E-state index contributed by atoms with van der Waals surface area (Å²) in [6, 6.07) is 18.2. The van der Waals surface area contributed by atoms with Gasteiger partial charge in [0.25, 0.3) is 10.0 Å². The van der Waals surface area contributed by atoms with Crippen LogP contribution in [0.1, 0.15) is 15.9 Å².